The second kappa shape index (κ2) is 9.15. The molecule has 1 heterocycles. The Kier molecular flexibility index (Phi) is 6.64. The summed E-state index contributed by atoms with van der Waals surface area (Å²) in [5, 5.41) is 5.45. The van der Waals surface area contributed by atoms with Crippen molar-refractivity contribution in [2.24, 2.45) is 5.92 Å². The van der Waals surface area contributed by atoms with Gasteiger partial charge < -0.3 is 10.1 Å². The number of amides is 1. The Bertz CT molecular complexity index is 721. The van der Waals surface area contributed by atoms with E-state index in [2.05, 4.69) is 30.1 Å². The van der Waals surface area contributed by atoms with Gasteiger partial charge in [0.2, 0.25) is 0 Å². The van der Waals surface area contributed by atoms with Crippen molar-refractivity contribution < 1.29 is 9.53 Å². The molecule has 1 atom stereocenters. The van der Waals surface area contributed by atoms with E-state index in [0.29, 0.717) is 18.5 Å². The minimum atomic E-state index is 0.0139. The number of nitrogens with one attached hydrogen (secondary N) is 1. The van der Waals surface area contributed by atoms with Crippen molar-refractivity contribution in [3.8, 4) is 0 Å². The molecular weight excluding hydrogens is 324 g/mol. The number of ether oxygens (including phenoxy) is 1. The summed E-state index contributed by atoms with van der Waals surface area (Å²) in [6, 6.07) is 14.4. The molecule has 1 amide bonds. The maximum Gasteiger partial charge on any atom is 0.251 e. The Morgan fingerprint density at radius 2 is 1.77 bits per heavy atom. The van der Waals surface area contributed by atoms with Crippen molar-refractivity contribution >= 4 is 16.7 Å². The average Bonchev–Trinajstić information content (AvgIpc) is 2.71. The maximum atomic E-state index is 12.7. The van der Waals surface area contributed by atoms with Crippen LogP contribution >= 0.6 is 0 Å². The molecule has 0 spiro atoms. The first kappa shape index (κ1) is 18.9. The zero-order valence-corrected chi connectivity index (χ0v) is 15.9. The summed E-state index contributed by atoms with van der Waals surface area (Å²) in [6.45, 7) is 8.65. The lowest BCUT2D eigenvalue weighted by molar-refractivity contribution is 0.00191. The van der Waals surface area contributed by atoms with Crippen LogP contribution in [0.2, 0.25) is 0 Å². The lowest BCUT2D eigenvalue weighted by atomic mass is 9.92. The average molecular weight is 354 g/mol. The monoisotopic (exact) mass is 354 g/mol. The number of carbonyl (C=O) groups is 1. The first-order valence-electron chi connectivity index (χ1n) is 9.81. The van der Waals surface area contributed by atoms with Crippen LogP contribution in [0.3, 0.4) is 0 Å². The molecule has 140 valence electrons. The Labute approximate surface area is 156 Å². The van der Waals surface area contributed by atoms with E-state index in [1.54, 1.807) is 0 Å². The summed E-state index contributed by atoms with van der Waals surface area (Å²) in [5.41, 5.74) is 0.731. The van der Waals surface area contributed by atoms with Crippen LogP contribution in [0, 0.1) is 5.92 Å². The summed E-state index contributed by atoms with van der Waals surface area (Å²) in [7, 11) is 0. The first-order chi connectivity index (χ1) is 12.7. The van der Waals surface area contributed by atoms with Crippen LogP contribution in [0.15, 0.2) is 42.5 Å². The Hall–Kier alpha value is -1.91. The largest absolute Gasteiger partial charge is 0.379 e. The number of carbonyl (C=O) groups excluding carboxylic acids is 1. The minimum absolute atomic E-state index is 0.0139. The van der Waals surface area contributed by atoms with Crippen molar-refractivity contribution in [2.45, 2.75) is 32.7 Å². The van der Waals surface area contributed by atoms with Gasteiger partial charge in [-0.2, -0.15) is 0 Å². The number of nitrogens with zero attached hydrogens (tertiary/aromatic N) is 1. The van der Waals surface area contributed by atoms with Crippen molar-refractivity contribution in [3.05, 3.63) is 48.0 Å². The van der Waals surface area contributed by atoms with Gasteiger partial charge in [0.1, 0.15) is 0 Å². The number of hydrogen-bond acceptors (Lipinski definition) is 3. The van der Waals surface area contributed by atoms with E-state index in [1.807, 2.05) is 36.4 Å². The van der Waals surface area contributed by atoms with Crippen LogP contribution in [-0.4, -0.2) is 49.7 Å². The van der Waals surface area contributed by atoms with Crippen LogP contribution in [0.5, 0.6) is 0 Å². The summed E-state index contributed by atoms with van der Waals surface area (Å²) in [6.07, 6.45) is 2.26. The van der Waals surface area contributed by atoms with Gasteiger partial charge in [-0.05, 0) is 28.8 Å². The Morgan fingerprint density at radius 3 is 2.46 bits per heavy atom. The number of morpholine rings is 1. The van der Waals surface area contributed by atoms with Crippen molar-refractivity contribution in [3.63, 3.8) is 0 Å². The van der Waals surface area contributed by atoms with Crippen LogP contribution in [-0.2, 0) is 4.74 Å². The molecule has 0 radical (unpaired) electrons. The molecule has 3 rings (SSSR count). The molecule has 4 heteroatoms. The zero-order chi connectivity index (χ0) is 18.4. The van der Waals surface area contributed by atoms with E-state index in [9.17, 15) is 4.79 Å². The third-order valence-corrected chi connectivity index (χ3v) is 5.59. The van der Waals surface area contributed by atoms with Crippen LogP contribution in [0.25, 0.3) is 10.8 Å². The number of fused-ring (bicyclic) bond motifs is 1. The second-order valence-corrected chi connectivity index (χ2v) is 7.06. The van der Waals surface area contributed by atoms with Gasteiger partial charge >= 0.3 is 0 Å². The summed E-state index contributed by atoms with van der Waals surface area (Å²) < 4.78 is 5.50. The normalized spacial score (nSPS) is 16.7. The highest BCUT2D eigenvalue weighted by atomic mass is 16.5. The van der Waals surface area contributed by atoms with E-state index in [4.69, 9.17) is 4.74 Å². The molecule has 0 saturated carbocycles. The predicted molar refractivity (Wildman–Crippen MR) is 107 cm³/mol. The maximum absolute atomic E-state index is 12.7. The topological polar surface area (TPSA) is 41.6 Å². The zero-order valence-electron chi connectivity index (χ0n) is 15.9. The molecule has 1 fully saturated rings. The molecule has 4 nitrogen and oxygen atoms in total. The number of hydrogen-bond donors (Lipinski definition) is 1. The summed E-state index contributed by atoms with van der Waals surface area (Å²) in [5.74, 6) is 0.602. The lowest BCUT2D eigenvalue weighted by Gasteiger charge is -2.38. The molecule has 1 N–H and O–H groups in total. The molecule has 26 heavy (non-hydrogen) atoms. The SMILES string of the molecule is CCC(CC)[C@H](CNC(=O)c1ccc2ccccc2c1)N1CCOCC1. The van der Waals surface area contributed by atoms with E-state index in [-0.39, 0.29) is 5.91 Å². The van der Waals surface area contributed by atoms with Gasteiger partial charge in [0, 0.05) is 31.2 Å². The van der Waals surface area contributed by atoms with Gasteiger partial charge in [0.25, 0.3) is 5.91 Å². The third-order valence-electron chi connectivity index (χ3n) is 5.59. The Morgan fingerprint density at radius 1 is 1.08 bits per heavy atom. The molecule has 2 aromatic rings. The van der Waals surface area contributed by atoms with Gasteiger partial charge in [-0.25, -0.2) is 0 Å². The molecule has 0 aromatic heterocycles. The van der Waals surface area contributed by atoms with E-state index in [1.165, 1.54) is 0 Å². The molecule has 0 aliphatic carbocycles. The summed E-state index contributed by atoms with van der Waals surface area (Å²) in [4.78, 5) is 15.2. The molecule has 0 bridgehead atoms. The quantitative estimate of drug-likeness (QED) is 0.824. The van der Waals surface area contributed by atoms with Gasteiger partial charge in [0.05, 0.1) is 13.2 Å². The van der Waals surface area contributed by atoms with Crippen molar-refractivity contribution in [1.82, 2.24) is 10.2 Å². The molecule has 2 aromatic carbocycles. The van der Waals surface area contributed by atoms with Gasteiger partial charge in [-0.1, -0.05) is 57.0 Å². The van der Waals surface area contributed by atoms with Crippen molar-refractivity contribution in [1.29, 1.82) is 0 Å². The van der Waals surface area contributed by atoms with Gasteiger partial charge in [-0.15, -0.1) is 0 Å². The fourth-order valence-electron chi connectivity index (χ4n) is 3.97. The highest BCUT2D eigenvalue weighted by Gasteiger charge is 2.27. The highest BCUT2D eigenvalue weighted by molar-refractivity contribution is 5.98. The van der Waals surface area contributed by atoms with Crippen LogP contribution in [0.1, 0.15) is 37.0 Å². The van der Waals surface area contributed by atoms with Gasteiger partial charge in [0.15, 0.2) is 0 Å². The van der Waals surface area contributed by atoms with E-state index >= 15 is 0 Å². The van der Waals surface area contributed by atoms with E-state index in [0.717, 1.165) is 55.5 Å². The van der Waals surface area contributed by atoms with Crippen LogP contribution in [0.4, 0.5) is 0 Å². The minimum Gasteiger partial charge on any atom is -0.379 e. The smallest absolute Gasteiger partial charge is 0.251 e. The lowest BCUT2D eigenvalue weighted by Crippen LogP contribution is -2.52. The Balaban J connectivity index is 1.69. The molecule has 1 saturated heterocycles. The molecule has 1 aliphatic heterocycles. The second-order valence-electron chi connectivity index (χ2n) is 7.06. The fourth-order valence-corrected chi connectivity index (χ4v) is 3.97. The van der Waals surface area contributed by atoms with Crippen LogP contribution < -0.4 is 5.32 Å². The fraction of sp³-hybridized carbons (Fsp3) is 0.500. The molecule has 0 unspecified atom stereocenters. The molecular formula is C22H30N2O2. The van der Waals surface area contributed by atoms with Crippen molar-refractivity contribution in [2.75, 3.05) is 32.8 Å². The summed E-state index contributed by atoms with van der Waals surface area (Å²) >= 11 is 0. The third kappa shape index (κ3) is 4.43. The standard InChI is InChI=1S/C22H30N2O2/c1-3-17(4-2)21(24-11-13-26-14-12-24)16-23-22(25)20-10-9-18-7-5-6-8-19(18)15-20/h5-10,15,17,21H,3-4,11-14,16H2,1-2H3,(H,23,25)/t21-/m0/s1. The van der Waals surface area contributed by atoms with Gasteiger partial charge in [-0.3, -0.25) is 9.69 Å². The first-order valence-corrected chi connectivity index (χ1v) is 9.81. The number of benzene rings is 2. The molecule has 1 aliphatic rings. The number of rotatable bonds is 7. The van der Waals surface area contributed by atoms with E-state index < -0.39 is 0 Å². The highest BCUT2D eigenvalue weighted by Crippen LogP contribution is 2.20. The predicted octanol–water partition coefficient (Wildman–Crippen LogP) is 3.71.